The van der Waals surface area contributed by atoms with Gasteiger partial charge in [-0.05, 0) is 18.2 Å². The van der Waals surface area contributed by atoms with Crippen LogP contribution < -0.4 is 9.80 Å². The van der Waals surface area contributed by atoms with E-state index >= 15 is 0 Å². The van der Waals surface area contributed by atoms with Crippen molar-refractivity contribution in [1.82, 2.24) is 9.97 Å². The van der Waals surface area contributed by atoms with E-state index in [1.54, 1.807) is 0 Å². The molecule has 2 atom stereocenters. The maximum absolute atomic E-state index is 11.0. The van der Waals surface area contributed by atoms with Gasteiger partial charge in [-0.2, -0.15) is 0 Å². The zero-order valence-corrected chi connectivity index (χ0v) is 12.7. The Kier molecular flexibility index (Phi) is 3.37. The lowest BCUT2D eigenvalue weighted by atomic mass is 10.0. The van der Waals surface area contributed by atoms with Crippen LogP contribution in [0.25, 0.3) is 0 Å². The standard InChI is InChI=1S/C17H18N4O2/c22-16(23)15-6-7-18-17(19-15)21-10-12-8-20(9-13(12)11-21)14-4-2-1-3-5-14/h1-7,12-13H,8-11H2,(H,22,23). The van der Waals surface area contributed by atoms with E-state index in [9.17, 15) is 4.79 Å². The molecule has 2 unspecified atom stereocenters. The smallest absolute Gasteiger partial charge is 0.354 e. The number of nitrogens with zero attached hydrogens (tertiary/aromatic N) is 4. The molecule has 1 N–H and O–H groups in total. The Morgan fingerprint density at radius 3 is 2.30 bits per heavy atom. The average Bonchev–Trinajstić information content (AvgIpc) is 3.14. The molecule has 4 rings (SSSR count). The second kappa shape index (κ2) is 5.53. The molecule has 2 aliphatic rings. The minimum atomic E-state index is -1.01. The molecule has 0 saturated carbocycles. The average molecular weight is 310 g/mol. The van der Waals surface area contributed by atoms with E-state index in [0.29, 0.717) is 17.8 Å². The van der Waals surface area contributed by atoms with Gasteiger partial charge in [-0.15, -0.1) is 0 Å². The summed E-state index contributed by atoms with van der Waals surface area (Å²) in [6, 6.07) is 11.9. The van der Waals surface area contributed by atoms with Crippen molar-refractivity contribution in [2.24, 2.45) is 11.8 Å². The molecule has 6 heteroatoms. The molecule has 0 radical (unpaired) electrons. The first-order valence-corrected chi connectivity index (χ1v) is 7.82. The number of hydrogen-bond donors (Lipinski definition) is 1. The summed E-state index contributed by atoms with van der Waals surface area (Å²) in [5.74, 6) is 0.674. The molecule has 1 aromatic heterocycles. The van der Waals surface area contributed by atoms with E-state index < -0.39 is 5.97 Å². The molecule has 0 amide bonds. The van der Waals surface area contributed by atoms with Gasteiger partial charge < -0.3 is 14.9 Å². The first-order chi connectivity index (χ1) is 11.2. The minimum Gasteiger partial charge on any atom is -0.477 e. The van der Waals surface area contributed by atoms with Crippen molar-refractivity contribution in [1.29, 1.82) is 0 Å². The van der Waals surface area contributed by atoms with Crippen LogP contribution in [0.3, 0.4) is 0 Å². The molecule has 23 heavy (non-hydrogen) atoms. The highest BCUT2D eigenvalue weighted by Crippen LogP contribution is 2.35. The molecule has 0 spiro atoms. The van der Waals surface area contributed by atoms with Crippen LogP contribution in [0, 0.1) is 11.8 Å². The monoisotopic (exact) mass is 310 g/mol. The largest absolute Gasteiger partial charge is 0.477 e. The first-order valence-electron chi connectivity index (χ1n) is 7.82. The summed E-state index contributed by atoms with van der Waals surface area (Å²) in [7, 11) is 0. The van der Waals surface area contributed by atoms with Crippen molar-refractivity contribution in [3.8, 4) is 0 Å². The molecular weight excluding hydrogens is 292 g/mol. The van der Waals surface area contributed by atoms with Crippen molar-refractivity contribution in [2.75, 3.05) is 36.0 Å². The van der Waals surface area contributed by atoms with Crippen LogP contribution in [-0.2, 0) is 0 Å². The van der Waals surface area contributed by atoms with Crippen molar-refractivity contribution in [3.63, 3.8) is 0 Å². The Labute approximate surface area is 134 Å². The van der Waals surface area contributed by atoms with E-state index in [-0.39, 0.29) is 5.69 Å². The number of carboxylic acid groups (broad SMARTS) is 1. The zero-order chi connectivity index (χ0) is 15.8. The molecule has 2 aliphatic heterocycles. The summed E-state index contributed by atoms with van der Waals surface area (Å²) in [6.45, 7) is 3.84. The summed E-state index contributed by atoms with van der Waals surface area (Å²) in [5, 5.41) is 9.06. The van der Waals surface area contributed by atoms with Crippen LogP contribution in [-0.4, -0.2) is 47.2 Å². The van der Waals surface area contributed by atoms with Crippen molar-refractivity contribution in [2.45, 2.75) is 0 Å². The van der Waals surface area contributed by atoms with E-state index in [0.717, 1.165) is 26.2 Å². The number of rotatable bonds is 3. The van der Waals surface area contributed by atoms with E-state index in [4.69, 9.17) is 5.11 Å². The molecule has 0 bridgehead atoms. The maximum Gasteiger partial charge on any atom is 0.354 e. The van der Waals surface area contributed by atoms with Crippen molar-refractivity contribution >= 4 is 17.6 Å². The maximum atomic E-state index is 11.0. The molecule has 3 heterocycles. The van der Waals surface area contributed by atoms with Crippen LogP contribution >= 0.6 is 0 Å². The first kappa shape index (κ1) is 14.0. The Morgan fingerprint density at radius 1 is 1.00 bits per heavy atom. The number of carboxylic acids is 1. The molecule has 2 aromatic rings. The van der Waals surface area contributed by atoms with Crippen LogP contribution in [0.5, 0.6) is 0 Å². The van der Waals surface area contributed by atoms with Crippen LogP contribution in [0.2, 0.25) is 0 Å². The normalized spacial score (nSPS) is 23.1. The third-order valence-electron chi connectivity index (χ3n) is 4.75. The van der Waals surface area contributed by atoms with Gasteiger partial charge in [0.15, 0.2) is 5.69 Å². The Bertz CT molecular complexity index is 708. The summed E-state index contributed by atoms with van der Waals surface area (Å²) < 4.78 is 0. The van der Waals surface area contributed by atoms with Crippen LogP contribution in [0.15, 0.2) is 42.6 Å². The zero-order valence-electron chi connectivity index (χ0n) is 12.7. The summed E-state index contributed by atoms with van der Waals surface area (Å²) in [5.41, 5.74) is 1.33. The van der Waals surface area contributed by atoms with Crippen LogP contribution in [0.1, 0.15) is 10.5 Å². The molecule has 118 valence electrons. The number of aromatic carboxylic acids is 1. The number of aromatic nitrogens is 2. The molecule has 2 saturated heterocycles. The highest BCUT2D eigenvalue weighted by atomic mass is 16.4. The van der Waals surface area contributed by atoms with Gasteiger partial charge in [-0.1, -0.05) is 18.2 Å². The van der Waals surface area contributed by atoms with Crippen molar-refractivity contribution in [3.05, 3.63) is 48.3 Å². The van der Waals surface area contributed by atoms with E-state index in [2.05, 4.69) is 44.0 Å². The lowest BCUT2D eigenvalue weighted by molar-refractivity contribution is 0.0690. The summed E-state index contributed by atoms with van der Waals surface area (Å²) >= 11 is 0. The topological polar surface area (TPSA) is 69.6 Å². The summed E-state index contributed by atoms with van der Waals surface area (Å²) in [4.78, 5) is 24.0. The van der Waals surface area contributed by atoms with Crippen LogP contribution in [0.4, 0.5) is 11.6 Å². The van der Waals surface area contributed by atoms with E-state index in [1.165, 1.54) is 18.0 Å². The van der Waals surface area contributed by atoms with E-state index in [1.807, 2.05) is 6.07 Å². The predicted octanol–water partition coefficient (Wildman–Crippen LogP) is 1.75. The highest BCUT2D eigenvalue weighted by molar-refractivity contribution is 5.85. The molecule has 6 nitrogen and oxygen atoms in total. The second-order valence-electron chi connectivity index (χ2n) is 6.21. The van der Waals surface area contributed by atoms with Gasteiger partial charge in [0, 0.05) is 49.9 Å². The SMILES string of the molecule is O=C(O)c1ccnc(N2CC3CN(c4ccccc4)CC3C2)n1. The number of anilines is 2. The molecule has 2 fully saturated rings. The quantitative estimate of drug-likeness (QED) is 0.931. The molecule has 1 aromatic carbocycles. The number of benzene rings is 1. The molecular formula is C17H18N4O2. The number of hydrogen-bond acceptors (Lipinski definition) is 5. The highest BCUT2D eigenvalue weighted by Gasteiger charge is 2.40. The van der Waals surface area contributed by atoms with Gasteiger partial charge >= 0.3 is 5.97 Å². The number of para-hydroxylation sites is 1. The number of carbonyl (C=O) groups is 1. The number of fused-ring (bicyclic) bond motifs is 1. The Morgan fingerprint density at radius 2 is 1.65 bits per heavy atom. The fraction of sp³-hybridized carbons (Fsp3) is 0.353. The predicted molar refractivity (Wildman–Crippen MR) is 86.8 cm³/mol. The van der Waals surface area contributed by atoms with Gasteiger partial charge in [0.1, 0.15) is 0 Å². The Balaban J connectivity index is 1.46. The van der Waals surface area contributed by atoms with Gasteiger partial charge in [0.2, 0.25) is 5.95 Å². The molecule has 0 aliphatic carbocycles. The second-order valence-corrected chi connectivity index (χ2v) is 6.21. The fourth-order valence-corrected chi connectivity index (χ4v) is 3.63. The van der Waals surface area contributed by atoms with Gasteiger partial charge in [-0.25, -0.2) is 14.8 Å². The van der Waals surface area contributed by atoms with Gasteiger partial charge in [-0.3, -0.25) is 0 Å². The lowest BCUT2D eigenvalue weighted by Gasteiger charge is -2.23. The lowest BCUT2D eigenvalue weighted by Crippen LogP contribution is -2.30. The third kappa shape index (κ3) is 2.60. The fourth-order valence-electron chi connectivity index (χ4n) is 3.63. The minimum absolute atomic E-state index is 0.0537. The van der Waals surface area contributed by atoms with Gasteiger partial charge in [0.25, 0.3) is 0 Å². The third-order valence-corrected chi connectivity index (χ3v) is 4.75. The Hall–Kier alpha value is -2.63. The van der Waals surface area contributed by atoms with Gasteiger partial charge in [0.05, 0.1) is 0 Å². The van der Waals surface area contributed by atoms with Crippen molar-refractivity contribution < 1.29 is 9.90 Å². The summed E-state index contributed by atoms with van der Waals surface area (Å²) in [6.07, 6.45) is 1.52.